The molecule has 2 rings (SSSR count). The van der Waals surface area contributed by atoms with E-state index in [1.807, 2.05) is 0 Å². The van der Waals surface area contributed by atoms with Crippen LogP contribution in [-0.4, -0.2) is 18.2 Å². The van der Waals surface area contributed by atoms with E-state index in [0.717, 1.165) is 5.56 Å². The molecular formula is C15H12BrClO4. The lowest BCUT2D eigenvalue weighted by Gasteiger charge is -2.13. The Hall–Kier alpha value is -1.72. The zero-order valence-electron chi connectivity index (χ0n) is 11.1. The van der Waals surface area contributed by atoms with Crippen LogP contribution in [0.3, 0.4) is 0 Å². The second-order valence-corrected chi connectivity index (χ2v) is 5.46. The Kier molecular flexibility index (Phi) is 5.09. The Labute approximate surface area is 135 Å². The fourth-order valence-electron chi connectivity index (χ4n) is 1.83. The number of carbonyl (C=O) groups is 1. The SMILES string of the molecule is COc1ccc(Cl)cc1COc1c(Br)cccc1C(=O)O. The van der Waals surface area contributed by atoms with Gasteiger partial charge in [-0.1, -0.05) is 17.7 Å². The van der Waals surface area contributed by atoms with E-state index in [1.54, 1.807) is 37.4 Å². The number of methoxy groups -OCH3 is 1. The molecule has 0 spiro atoms. The first-order chi connectivity index (χ1) is 10.0. The quantitative estimate of drug-likeness (QED) is 0.847. The Balaban J connectivity index is 2.28. The molecule has 0 aromatic heterocycles. The zero-order chi connectivity index (χ0) is 15.4. The zero-order valence-corrected chi connectivity index (χ0v) is 13.4. The minimum Gasteiger partial charge on any atom is -0.496 e. The van der Waals surface area contributed by atoms with Crippen molar-refractivity contribution in [2.45, 2.75) is 6.61 Å². The first kappa shape index (κ1) is 15.7. The first-order valence-corrected chi connectivity index (χ1v) is 7.17. The summed E-state index contributed by atoms with van der Waals surface area (Å²) in [4.78, 5) is 11.2. The maximum atomic E-state index is 11.2. The highest BCUT2D eigenvalue weighted by Gasteiger charge is 2.15. The summed E-state index contributed by atoms with van der Waals surface area (Å²) in [5.41, 5.74) is 0.822. The molecule has 0 radical (unpaired) electrons. The van der Waals surface area contributed by atoms with Gasteiger partial charge in [-0.25, -0.2) is 4.79 Å². The van der Waals surface area contributed by atoms with Gasteiger partial charge in [-0.2, -0.15) is 0 Å². The van der Waals surface area contributed by atoms with Gasteiger partial charge >= 0.3 is 5.97 Å². The molecule has 4 nitrogen and oxygen atoms in total. The minimum atomic E-state index is -1.05. The van der Waals surface area contributed by atoms with Crippen LogP contribution in [0.4, 0.5) is 0 Å². The number of hydrogen-bond acceptors (Lipinski definition) is 3. The number of carboxylic acid groups (broad SMARTS) is 1. The van der Waals surface area contributed by atoms with E-state index >= 15 is 0 Å². The van der Waals surface area contributed by atoms with Crippen LogP contribution in [0.2, 0.25) is 5.02 Å². The monoisotopic (exact) mass is 370 g/mol. The molecule has 0 saturated carbocycles. The molecular weight excluding hydrogens is 360 g/mol. The number of aromatic carboxylic acids is 1. The molecule has 0 amide bonds. The van der Waals surface area contributed by atoms with Crippen LogP contribution in [0.1, 0.15) is 15.9 Å². The van der Waals surface area contributed by atoms with Crippen molar-refractivity contribution < 1.29 is 19.4 Å². The van der Waals surface area contributed by atoms with Crippen molar-refractivity contribution in [1.82, 2.24) is 0 Å². The minimum absolute atomic E-state index is 0.0883. The van der Waals surface area contributed by atoms with E-state index in [-0.39, 0.29) is 17.9 Å². The van der Waals surface area contributed by atoms with Gasteiger partial charge in [-0.15, -0.1) is 0 Å². The number of rotatable bonds is 5. The molecule has 0 bridgehead atoms. The summed E-state index contributed by atoms with van der Waals surface area (Å²) in [7, 11) is 1.55. The Morgan fingerprint density at radius 2 is 2.10 bits per heavy atom. The van der Waals surface area contributed by atoms with Gasteiger partial charge in [0.25, 0.3) is 0 Å². The normalized spacial score (nSPS) is 10.2. The predicted molar refractivity (Wildman–Crippen MR) is 83.4 cm³/mol. The highest BCUT2D eigenvalue weighted by atomic mass is 79.9. The van der Waals surface area contributed by atoms with Crippen molar-refractivity contribution in [1.29, 1.82) is 0 Å². The largest absolute Gasteiger partial charge is 0.496 e. The van der Waals surface area contributed by atoms with Crippen LogP contribution in [0.15, 0.2) is 40.9 Å². The highest BCUT2D eigenvalue weighted by molar-refractivity contribution is 9.10. The van der Waals surface area contributed by atoms with Crippen molar-refractivity contribution >= 4 is 33.5 Å². The number of benzene rings is 2. The van der Waals surface area contributed by atoms with Crippen LogP contribution in [0.25, 0.3) is 0 Å². The van der Waals surface area contributed by atoms with E-state index in [9.17, 15) is 9.90 Å². The fourth-order valence-corrected chi connectivity index (χ4v) is 2.51. The molecule has 2 aromatic carbocycles. The van der Waals surface area contributed by atoms with Gasteiger partial charge in [0.2, 0.25) is 0 Å². The Morgan fingerprint density at radius 3 is 2.76 bits per heavy atom. The molecule has 0 aliphatic rings. The molecule has 1 N–H and O–H groups in total. The van der Waals surface area contributed by atoms with Gasteiger partial charge in [-0.05, 0) is 46.3 Å². The van der Waals surface area contributed by atoms with Crippen LogP contribution in [0.5, 0.6) is 11.5 Å². The van der Waals surface area contributed by atoms with Gasteiger partial charge in [0.1, 0.15) is 23.7 Å². The van der Waals surface area contributed by atoms with Crippen molar-refractivity contribution in [3.05, 3.63) is 57.0 Å². The lowest BCUT2D eigenvalue weighted by molar-refractivity contribution is 0.0691. The van der Waals surface area contributed by atoms with Crippen LogP contribution in [0, 0.1) is 0 Å². The molecule has 6 heteroatoms. The summed E-state index contributed by atoms with van der Waals surface area (Å²) < 4.78 is 11.4. The van der Waals surface area contributed by atoms with Crippen LogP contribution in [-0.2, 0) is 6.61 Å². The lowest BCUT2D eigenvalue weighted by Crippen LogP contribution is -2.05. The average molecular weight is 372 g/mol. The third kappa shape index (κ3) is 3.68. The molecule has 2 aromatic rings. The Bertz CT molecular complexity index is 673. The molecule has 0 fully saturated rings. The first-order valence-electron chi connectivity index (χ1n) is 6.00. The van der Waals surface area contributed by atoms with Gasteiger partial charge in [0.15, 0.2) is 0 Å². The fraction of sp³-hybridized carbons (Fsp3) is 0.133. The van der Waals surface area contributed by atoms with Crippen LogP contribution >= 0.6 is 27.5 Å². The highest BCUT2D eigenvalue weighted by Crippen LogP contribution is 2.31. The average Bonchev–Trinajstić information content (AvgIpc) is 2.45. The summed E-state index contributed by atoms with van der Waals surface area (Å²) in [6, 6.07) is 10.0. The molecule has 0 unspecified atom stereocenters. The molecule has 0 aliphatic carbocycles. The predicted octanol–water partition coefficient (Wildman–Crippen LogP) is 4.39. The van der Waals surface area contributed by atoms with Crippen LogP contribution < -0.4 is 9.47 Å². The Morgan fingerprint density at radius 1 is 1.33 bits per heavy atom. The number of carboxylic acids is 1. The van der Waals surface area contributed by atoms with Crippen molar-refractivity contribution in [2.24, 2.45) is 0 Å². The van der Waals surface area contributed by atoms with Gasteiger partial charge < -0.3 is 14.6 Å². The maximum Gasteiger partial charge on any atom is 0.339 e. The van der Waals surface area contributed by atoms with E-state index in [0.29, 0.717) is 15.2 Å². The van der Waals surface area contributed by atoms with E-state index in [4.69, 9.17) is 21.1 Å². The maximum absolute atomic E-state index is 11.2. The summed E-state index contributed by atoms with van der Waals surface area (Å²) in [6.07, 6.45) is 0. The van der Waals surface area contributed by atoms with Crippen molar-refractivity contribution in [2.75, 3.05) is 7.11 Å². The summed E-state index contributed by atoms with van der Waals surface area (Å²) in [5.74, 6) is -0.153. The van der Waals surface area contributed by atoms with E-state index < -0.39 is 5.97 Å². The molecule has 110 valence electrons. The van der Waals surface area contributed by atoms with Crippen molar-refractivity contribution in [3.8, 4) is 11.5 Å². The molecule has 21 heavy (non-hydrogen) atoms. The van der Waals surface area contributed by atoms with Crippen molar-refractivity contribution in [3.63, 3.8) is 0 Å². The number of hydrogen-bond donors (Lipinski definition) is 1. The molecule has 0 aliphatic heterocycles. The summed E-state index contributed by atoms with van der Waals surface area (Å²) in [5, 5.41) is 9.74. The standard InChI is InChI=1S/C15H12BrClO4/c1-20-13-6-5-10(17)7-9(13)8-21-14-11(15(18)19)3-2-4-12(14)16/h2-7H,8H2,1H3,(H,18,19). The lowest BCUT2D eigenvalue weighted by atomic mass is 10.2. The van der Waals surface area contributed by atoms with E-state index in [2.05, 4.69) is 15.9 Å². The second kappa shape index (κ2) is 6.83. The summed E-state index contributed by atoms with van der Waals surface area (Å²) in [6.45, 7) is 0.145. The van der Waals surface area contributed by atoms with E-state index in [1.165, 1.54) is 6.07 Å². The second-order valence-electron chi connectivity index (χ2n) is 4.17. The number of ether oxygens (including phenoxy) is 2. The third-order valence-electron chi connectivity index (χ3n) is 2.81. The summed E-state index contributed by atoms with van der Waals surface area (Å²) >= 11 is 9.25. The third-order valence-corrected chi connectivity index (χ3v) is 3.67. The topological polar surface area (TPSA) is 55.8 Å². The number of halogens is 2. The smallest absolute Gasteiger partial charge is 0.339 e. The molecule has 0 heterocycles. The van der Waals surface area contributed by atoms with Gasteiger partial charge in [-0.3, -0.25) is 0 Å². The van der Waals surface area contributed by atoms with Gasteiger partial charge in [0, 0.05) is 10.6 Å². The molecule has 0 saturated heterocycles. The van der Waals surface area contributed by atoms with Gasteiger partial charge in [0.05, 0.1) is 11.6 Å². The number of para-hydroxylation sites is 1. The molecule has 0 atom stereocenters.